The largest absolute Gasteiger partial charge is 0.480 e. The lowest BCUT2D eigenvalue weighted by Crippen LogP contribution is -2.42. The number of carboxylic acids is 1. The van der Waals surface area contributed by atoms with Crippen LogP contribution in [0.4, 0.5) is 4.79 Å². The van der Waals surface area contributed by atoms with Crippen LogP contribution in [0, 0.1) is 0 Å². The van der Waals surface area contributed by atoms with Crippen molar-refractivity contribution in [2.75, 3.05) is 6.54 Å². The van der Waals surface area contributed by atoms with Crippen LogP contribution in [0.15, 0.2) is 30.5 Å². The minimum Gasteiger partial charge on any atom is -0.480 e. The van der Waals surface area contributed by atoms with E-state index in [2.05, 4.69) is 10.6 Å². The monoisotopic (exact) mass is 366 g/mol. The fourth-order valence-corrected chi connectivity index (χ4v) is 2.66. The van der Waals surface area contributed by atoms with Crippen LogP contribution < -0.4 is 16.4 Å². The molecule has 0 aliphatic heterocycles. The van der Waals surface area contributed by atoms with E-state index in [-0.39, 0.29) is 19.5 Å². The topological polar surface area (TPSA) is 126 Å². The number of nitrogens with one attached hydrogen (secondary N) is 2. The average Bonchev–Trinajstić information content (AvgIpc) is 2.91. The molecule has 1 aromatic heterocycles. The predicted molar refractivity (Wildman–Crippen MR) is 93.3 cm³/mol. The van der Waals surface area contributed by atoms with Crippen LogP contribution in [0.25, 0.3) is 10.9 Å². The van der Waals surface area contributed by atoms with Gasteiger partial charge in [0.25, 0.3) is 0 Å². The quantitative estimate of drug-likeness (QED) is 0.525. The van der Waals surface area contributed by atoms with E-state index in [0.717, 1.165) is 10.9 Å². The zero-order chi connectivity index (χ0) is 18.4. The molecule has 0 aliphatic carbocycles. The first-order valence-electron chi connectivity index (χ1n) is 7.66. The van der Waals surface area contributed by atoms with Crippen molar-refractivity contribution in [2.24, 2.45) is 5.73 Å². The van der Waals surface area contributed by atoms with E-state index in [1.165, 1.54) is 0 Å². The highest BCUT2D eigenvalue weighted by atomic mass is 35.5. The van der Waals surface area contributed by atoms with Crippen LogP contribution in [0.2, 0.25) is 5.02 Å². The smallest absolute Gasteiger partial charge is 0.326 e. The van der Waals surface area contributed by atoms with Crippen LogP contribution in [-0.4, -0.2) is 40.2 Å². The van der Waals surface area contributed by atoms with Gasteiger partial charge < -0.3 is 26.0 Å². The predicted octanol–water partition coefficient (Wildman–Crippen LogP) is 1.31. The van der Waals surface area contributed by atoms with Crippen molar-refractivity contribution in [2.45, 2.75) is 25.4 Å². The number of fused-ring (bicyclic) bond motifs is 1. The zero-order valence-electron chi connectivity index (χ0n) is 13.4. The van der Waals surface area contributed by atoms with Crippen LogP contribution in [0.5, 0.6) is 0 Å². The van der Waals surface area contributed by atoms with Gasteiger partial charge in [-0.15, -0.1) is 0 Å². The van der Waals surface area contributed by atoms with Crippen LogP contribution in [0.3, 0.4) is 0 Å². The number of carboxylic acid groups (broad SMARTS) is 1. The first-order chi connectivity index (χ1) is 11.9. The molecule has 9 heteroatoms. The van der Waals surface area contributed by atoms with E-state index >= 15 is 0 Å². The molecule has 2 rings (SSSR count). The Balaban J connectivity index is 1.93. The molecule has 0 unspecified atom stereocenters. The van der Waals surface area contributed by atoms with Gasteiger partial charge >= 0.3 is 12.0 Å². The highest BCUT2D eigenvalue weighted by Crippen LogP contribution is 2.20. The number of amides is 3. The van der Waals surface area contributed by atoms with E-state index in [9.17, 15) is 19.5 Å². The van der Waals surface area contributed by atoms with Crippen molar-refractivity contribution < 1.29 is 19.5 Å². The van der Waals surface area contributed by atoms with Gasteiger partial charge in [-0.25, -0.2) is 9.59 Å². The van der Waals surface area contributed by atoms with Crippen molar-refractivity contribution >= 4 is 40.4 Å². The summed E-state index contributed by atoms with van der Waals surface area (Å²) in [4.78, 5) is 34.0. The number of carbonyl (C=O) groups excluding carboxylic acids is 2. The number of carbonyl (C=O) groups is 3. The number of halogens is 1. The Kier molecular flexibility index (Phi) is 6.24. The summed E-state index contributed by atoms with van der Waals surface area (Å²) in [6.07, 6.45) is 2.31. The summed E-state index contributed by atoms with van der Waals surface area (Å²) >= 11 is 5.93. The van der Waals surface area contributed by atoms with Gasteiger partial charge in [0.2, 0.25) is 5.91 Å². The molecule has 25 heavy (non-hydrogen) atoms. The lowest BCUT2D eigenvalue weighted by atomic mass is 10.1. The van der Waals surface area contributed by atoms with E-state index in [1.54, 1.807) is 29.0 Å². The molecule has 5 N–H and O–H groups in total. The molecule has 0 spiro atoms. The third-order valence-electron chi connectivity index (χ3n) is 3.65. The minimum absolute atomic E-state index is 0.00551. The Bertz CT molecular complexity index is 790. The third kappa shape index (κ3) is 5.39. The fraction of sp³-hybridized carbons (Fsp3) is 0.312. The molecule has 0 saturated heterocycles. The molecular formula is C16H19ClN4O4. The molecular weight excluding hydrogens is 348 g/mol. The summed E-state index contributed by atoms with van der Waals surface area (Å²) in [6.45, 7) is 0.242. The van der Waals surface area contributed by atoms with E-state index in [4.69, 9.17) is 17.3 Å². The number of aliphatic carboxylic acids is 1. The highest BCUT2D eigenvalue weighted by Gasteiger charge is 2.19. The van der Waals surface area contributed by atoms with Gasteiger partial charge in [-0.2, -0.15) is 0 Å². The molecule has 0 aliphatic rings. The van der Waals surface area contributed by atoms with Crippen molar-refractivity contribution in [3.63, 3.8) is 0 Å². The second-order valence-electron chi connectivity index (χ2n) is 5.54. The lowest BCUT2D eigenvalue weighted by molar-refractivity contribution is -0.142. The molecule has 2 aromatic rings. The lowest BCUT2D eigenvalue weighted by Gasteiger charge is -2.15. The molecule has 0 radical (unpaired) electrons. The van der Waals surface area contributed by atoms with Gasteiger partial charge in [0.05, 0.1) is 0 Å². The van der Waals surface area contributed by atoms with E-state index < -0.39 is 23.9 Å². The average molecular weight is 367 g/mol. The van der Waals surface area contributed by atoms with Gasteiger partial charge in [-0.3, -0.25) is 4.79 Å². The maximum Gasteiger partial charge on any atom is 0.326 e. The number of aromatic nitrogens is 1. The molecule has 1 heterocycles. The van der Waals surface area contributed by atoms with Gasteiger partial charge in [0.15, 0.2) is 0 Å². The second-order valence-corrected chi connectivity index (χ2v) is 5.97. The zero-order valence-corrected chi connectivity index (χ0v) is 14.1. The Labute approximate surface area is 148 Å². The van der Waals surface area contributed by atoms with Crippen LogP contribution >= 0.6 is 11.6 Å². The molecule has 0 fully saturated rings. The number of rotatable bonds is 8. The fourth-order valence-electron chi connectivity index (χ4n) is 2.48. The second kappa shape index (κ2) is 8.39. The van der Waals surface area contributed by atoms with Crippen molar-refractivity contribution in [1.82, 2.24) is 15.2 Å². The standard InChI is InChI=1S/C16H19ClN4O4/c17-11-3-4-13-10(8-11)5-7-21(13)9-14(22)20-12(15(23)24)2-1-6-19-16(18)25/h3-5,7-8,12H,1-2,6,9H2,(H,20,22)(H,23,24)(H3,18,19,25)/t12-/m1/s1. The van der Waals surface area contributed by atoms with Crippen LogP contribution in [0.1, 0.15) is 12.8 Å². The summed E-state index contributed by atoms with van der Waals surface area (Å²) in [6, 6.07) is 5.45. The Morgan fingerprint density at radius 3 is 2.72 bits per heavy atom. The number of nitrogens with zero attached hydrogens (tertiary/aromatic N) is 1. The number of primary amides is 1. The van der Waals surface area contributed by atoms with Crippen molar-refractivity contribution in [3.05, 3.63) is 35.5 Å². The SMILES string of the molecule is NC(=O)NCCC[C@@H](NC(=O)Cn1ccc2cc(Cl)ccc21)C(=O)O. The summed E-state index contributed by atoms with van der Waals surface area (Å²) in [5.41, 5.74) is 5.76. The Morgan fingerprint density at radius 1 is 1.28 bits per heavy atom. The van der Waals surface area contributed by atoms with Gasteiger partial charge in [0, 0.05) is 28.7 Å². The maximum absolute atomic E-state index is 12.2. The first kappa shape index (κ1) is 18.6. The summed E-state index contributed by atoms with van der Waals surface area (Å²) < 4.78 is 1.72. The highest BCUT2D eigenvalue weighted by molar-refractivity contribution is 6.31. The Hall–Kier alpha value is -2.74. The molecule has 1 atom stereocenters. The number of benzene rings is 1. The van der Waals surface area contributed by atoms with Crippen LogP contribution in [-0.2, 0) is 16.1 Å². The number of hydrogen-bond acceptors (Lipinski definition) is 3. The Morgan fingerprint density at radius 2 is 2.04 bits per heavy atom. The minimum atomic E-state index is -1.13. The van der Waals surface area contributed by atoms with Crippen molar-refractivity contribution in [3.8, 4) is 0 Å². The van der Waals surface area contributed by atoms with Gasteiger partial charge in [-0.05, 0) is 37.1 Å². The molecule has 8 nitrogen and oxygen atoms in total. The van der Waals surface area contributed by atoms with E-state index in [0.29, 0.717) is 11.4 Å². The third-order valence-corrected chi connectivity index (χ3v) is 3.88. The maximum atomic E-state index is 12.2. The normalized spacial score (nSPS) is 11.9. The molecule has 1 aromatic carbocycles. The molecule has 134 valence electrons. The number of nitrogens with two attached hydrogens (primary N) is 1. The number of urea groups is 1. The molecule has 0 bridgehead atoms. The summed E-state index contributed by atoms with van der Waals surface area (Å²) in [7, 11) is 0. The van der Waals surface area contributed by atoms with E-state index in [1.807, 2.05) is 6.07 Å². The summed E-state index contributed by atoms with van der Waals surface area (Å²) in [5, 5.41) is 15.6. The van der Waals surface area contributed by atoms with Gasteiger partial charge in [0.1, 0.15) is 12.6 Å². The number of hydrogen-bond donors (Lipinski definition) is 4. The molecule has 3 amide bonds. The van der Waals surface area contributed by atoms with Gasteiger partial charge in [-0.1, -0.05) is 11.6 Å². The molecule has 0 saturated carbocycles. The van der Waals surface area contributed by atoms with Crippen molar-refractivity contribution in [1.29, 1.82) is 0 Å². The first-order valence-corrected chi connectivity index (χ1v) is 8.04. The summed E-state index contributed by atoms with van der Waals surface area (Å²) in [5.74, 6) is -1.54.